The molecule has 0 spiro atoms. The quantitative estimate of drug-likeness (QED) is 0.483. The second-order valence-electron chi connectivity index (χ2n) is 6.55. The number of aldehydes is 1. The highest BCUT2D eigenvalue weighted by Crippen LogP contribution is 2.42. The highest BCUT2D eigenvalue weighted by molar-refractivity contribution is 5.90. The van der Waals surface area contributed by atoms with Gasteiger partial charge in [0.1, 0.15) is 0 Å². The molecule has 0 saturated carbocycles. The maximum absolute atomic E-state index is 11.7. The summed E-state index contributed by atoms with van der Waals surface area (Å²) in [6.07, 6.45) is 0.563. The second kappa shape index (κ2) is 8.06. The lowest BCUT2D eigenvalue weighted by Crippen LogP contribution is -2.04. The molecule has 138 valence electrons. The van der Waals surface area contributed by atoms with Gasteiger partial charge in [-0.2, -0.15) is 0 Å². The number of ether oxygens (including phenoxy) is 1. The van der Waals surface area contributed by atoms with Crippen LogP contribution in [0.4, 0.5) is 0 Å². The fourth-order valence-electron chi connectivity index (χ4n) is 3.16. The first-order valence-electron chi connectivity index (χ1n) is 8.74. The van der Waals surface area contributed by atoms with E-state index in [-0.39, 0.29) is 17.9 Å². The van der Waals surface area contributed by atoms with Gasteiger partial charge in [0.25, 0.3) is 0 Å². The molecule has 0 fully saturated rings. The minimum atomic E-state index is -0.406. The molecular weight excluding hydrogens is 340 g/mol. The minimum absolute atomic E-state index is 0.0572. The van der Waals surface area contributed by atoms with E-state index in [1.165, 1.54) is 0 Å². The zero-order valence-corrected chi connectivity index (χ0v) is 15.4. The number of aromatic hydroxyl groups is 2. The van der Waals surface area contributed by atoms with Crippen molar-refractivity contribution >= 4 is 6.29 Å². The predicted molar refractivity (Wildman–Crippen MR) is 105 cm³/mol. The Hall–Kier alpha value is -3.11. The van der Waals surface area contributed by atoms with E-state index >= 15 is 0 Å². The van der Waals surface area contributed by atoms with E-state index in [9.17, 15) is 15.0 Å². The molecule has 0 unspecified atom stereocenters. The van der Waals surface area contributed by atoms with Gasteiger partial charge >= 0.3 is 0 Å². The van der Waals surface area contributed by atoms with Crippen LogP contribution in [-0.4, -0.2) is 16.5 Å². The smallest absolute Gasteiger partial charge is 0.168 e. The number of aryl methyl sites for hydroxylation is 1. The lowest BCUT2D eigenvalue weighted by Gasteiger charge is -2.19. The standard InChI is InChI=1S/C23H22O4/c1-15-8-10-18(11-9-15)21-16(2)22(25)23(26)19(12-24)20(21)14-27-13-17-6-4-3-5-7-17/h3-12,25-26H,13-14H2,1-2H3. The molecule has 3 rings (SSSR count). The molecular formula is C23H22O4. The van der Waals surface area contributed by atoms with E-state index < -0.39 is 5.75 Å². The summed E-state index contributed by atoms with van der Waals surface area (Å²) >= 11 is 0. The lowest BCUT2D eigenvalue weighted by atomic mass is 9.90. The van der Waals surface area contributed by atoms with Gasteiger partial charge in [0, 0.05) is 11.1 Å². The van der Waals surface area contributed by atoms with Gasteiger partial charge < -0.3 is 14.9 Å². The average Bonchev–Trinajstić information content (AvgIpc) is 2.69. The molecule has 4 heteroatoms. The van der Waals surface area contributed by atoms with Gasteiger partial charge in [0.05, 0.1) is 18.8 Å². The minimum Gasteiger partial charge on any atom is -0.504 e. The van der Waals surface area contributed by atoms with Crippen LogP contribution in [0.1, 0.15) is 32.6 Å². The molecule has 3 aromatic carbocycles. The summed E-state index contributed by atoms with van der Waals surface area (Å²) in [5, 5.41) is 20.5. The van der Waals surface area contributed by atoms with Crippen molar-refractivity contribution in [1.82, 2.24) is 0 Å². The Morgan fingerprint density at radius 1 is 0.889 bits per heavy atom. The second-order valence-corrected chi connectivity index (χ2v) is 6.55. The van der Waals surface area contributed by atoms with E-state index in [2.05, 4.69) is 0 Å². The van der Waals surface area contributed by atoms with E-state index in [0.717, 1.165) is 16.7 Å². The normalized spacial score (nSPS) is 10.7. The van der Waals surface area contributed by atoms with Crippen LogP contribution in [0.25, 0.3) is 11.1 Å². The van der Waals surface area contributed by atoms with Gasteiger partial charge in [0.15, 0.2) is 17.8 Å². The Kier molecular flexibility index (Phi) is 5.57. The lowest BCUT2D eigenvalue weighted by molar-refractivity contribution is 0.103. The van der Waals surface area contributed by atoms with Crippen molar-refractivity contribution in [2.24, 2.45) is 0 Å². The summed E-state index contributed by atoms with van der Waals surface area (Å²) in [7, 11) is 0. The number of carbonyl (C=O) groups excluding carboxylic acids is 1. The molecule has 4 nitrogen and oxygen atoms in total. The fourth-order valence-corrected chi connectivity index (χ4v) is 3.16. The van der Waals surface area contributed by atoms with Crippen LogP contribution in [0.3, 0.4) is 0 Å². The SMILES string of the molecule is Cc1ccc(-c2c(C)c(O)c(O)c(C=O)c2COCc2ccccc2)cc1. The molecule has 2 N–H and O–H groups in total. The Labute approximate surface area is 158 Å². The van der Waals surface area contributed by atoms with Gasteiger partial charge in [0.2, 0.25) is 0 Å². The maximum atomic E-state index is 11.7. The highest BCUT2D eigenvalue weighted by atomic mass is 16.5. The van der Waals surface area contributed by atoms with Crippen molar-refractivity contribution in [2.75, 3.05) is 0 Å². The first-order chi connectivity index (χ1) is 13.0. The summed E-state index contributed by atoms with van der Waals surface area (Å²) in [4.78, 5) is 11.7. The maximum Gasteiger partial charge on any atom is 0.168 e. The summed E-state index contributed by atoms with van der Waals surface area (Å²) < 4.78 is 5.83. The molecule has 0 atom stereocenters. The first-order valence-corrected chi connectivity index (χ1v) is 8.74. The number of phenols is 2. The first kappa shape index (κ1) is 18.7. The van der Waals surface area contributed by atoms with E-state index in [1.807, 2.05) is 61.5 Å². The number of benzene rings is 3. The van der Waals surface area contributed by atoms with Crippen LogP contribution in [0, 0.1) is 13.8 Å². The van der Waals surface area contributed by atoms with Crippen LogP contribution >= 0.6 is 0 Å². The van der Waals surface area contributed by atoms with E-state index in [4.69, 9.17) is 4.74 Å². The Morgan fingerprint density at radius 3 is 2.19 bits per heavy atom. The number of phenolic OH excluding ortho intramolecular Hbond substituents is 2. The van der Waals surface area contributed by atoms with E-state index in [0.29, 0.717) is 29.6 Å². The summed E-state index contributed by atoms with van der Waals surface area (Å²) in [5.74, 6) is -0.684. The number of hydrogen-bond acceptors (Lipinski definition) is 4. The van der Waals surface area contributed by atoms with Crippen LogP contribution < -0.4 is 0 Å². The molecule has 0 saturated heterocycles. The van der Waals surface area contributed by atoms with Crippen LogP contribution in [0.15, 0.2) is 54.6 Å². The van der Waals surface area contributed by atoms with Crippen molar-refractivity contribution in [1.29, 1.82) is 0 Å². The molecule has 0 aromatic heterocycles. The van der Waals surface area contributed by atoms with Crippen molar-refractivity contribution in [2.45, 2.75) is 27.1 Å². The molecule has 0 radical (unpaired) electrons. The Morgan fingerprint density at radius 2 is 1.56 bits per heavy atom. The fraction of sp³-hybridized carbons (Fsp3) is 0.174. The van der Waals surface area contributed by atoms with Gasteiger partial charge in [-0.1, -0.05) is 60.2 Å². The van der Waals surface area contributed by atoms with E-state index in [1.54, 1.807) is 6.92 Å². The number of hydrogen-bond donors (Lipinski definition) is 2. The predicted octanol–water partition coefficient (Wildman–Crippen LogP) is 4.91. The van der Waals surface area contributed by atoms with Gasteiger partial charge in [-0.05, 0) is 30.5 Å². The van der Waals surface area contributed by atoms with Crippen molar-refractivity contribution < 1.29 is 19.7 Å². The topological polar surface area (TPSA) is 66.8 Å². The molecule has 27 heavy (non-hydrogen) atoms. The van der Waals surface area contributed by atoms with Crippen LogP contribution in [0.5, 0.6) is 11.5 Å². The van der Waals surface area contributed by atoms with Crippen LogP contribution in [0.2, 0.25) is 0 Å². The van der Waals surface area contributed by atoms with Crippen molar-refractivity contribution in [3.63, 3.8) is 0 Å². The average molecular weight is 362 g/mol. The zero-order valence-electron chi connectivity index (χ0n) is 15.4. The van der Waals surface area contributed by atoms with Gasteiger partial charge in [-0.15, -0.1) is 0 Å². The monoisotopic (exact) mass is 362 g/mol. The highest BCUT2D eigenvalue weighted by Gasteiger charge is 2.22. The third kappa shape index (κ3) is 3.86. The molecule has 3 aromatic rings. The summed E-state index contributed by atoms with van der Waals surface area (Å²) in [6, 6.07) is 17.5. The largest absolute Gasteiger partial charge is 0.504 e. The number of rotatable bonds is 6. The third-order valence-electron chi connectivity index (χ3n) is 4.65. The summed E-state index contributed by atoms with van der Waals surface area (Å²) in [5.41, 5.74) is 4.83. The van der Waals surface area contributed by atoms with Gasteiger partial charge in [-0.3, -0.25) is 4.79 Å². The zero-order chi connectivity index (χ0) is 19.4. The van der Waals surface area contributed by atoms with Crippen molar-refractivity contribution in [3.05, 3.63) is 82.4 Å². The molecule has 0 amide bonds. The molecule has 0 aliphatic rings. The third-order valence-corrected chi connectivity index (χ3v) is 4.65. The molecule has 0 aliphatic carbocycles. The van der Waals surface area contributed by atoms with Gasteiger partial charge in [-0.25, -0.2) is 0 Å². The Balaban J connectivity index is 2.03. The Bertz CT molecular complexity index is 945. The van der Waals surface area contributed by atoms with Crippen molar-refractivity contribution in [3.8, 4) is 22.6 Å². The molecule has 0 bridgehead atoms. The number of carbonyl (C=O) groups is 1. The molecule has 0 aliphatic heterocycles. The van der Waals surface area contributed by atoms with Crippen LogP contribution in [-0.2, 0) is 18.0 Å². The molecule has 0 heterocycles. The summed E-state index contributed by atoms with van der Waals surface area (Å²) in [6.45, 7) is 4.24.